The maximum Gasteiger partial charge on any atom is 0.303 e. The van der Waals surface area contributed by atoms with Crippen LogP contribution in [0.15, 0.2) is 18.2 Å². The normalized spacial score (nSPS) is 9.93. The lowest BCUT2D eigenvalue weighted by molar-refractivity contribution is -0.385. The fourth-order valence-corrected chi connectivity index (χ4v) is 1.86. The number of hydrogen-bond donors (Lipinski definition) is 1. The van der Waals surface area contributed by atoms with E-state index >= 15 is 0 Å². The Morgan fingerprint density at radius 1 is 1.53 bits per heavy atom. The molecule has 0 aliphatic heterocycles. The van der Waals surface area contributed by atoms with E-state index < -0.39 is 10.9 Å². The zero-order chi connectivity index (χ0) is 11.4. The van der Waals surface area contributed by atoms with Crippen molar-refractivity contribution in [3.8, 4) is 0 Å². The van der Waals surface area contributed by atoms with E-state index in [1.54, 1.807) is 6.07 Å². The van der Waals surface area contributed by atoms with Crippen molar-refractivity contribution in [1.29, 1.82) is 0 Å². The summed E-state index contributed by atoms with van der Waals surface area (Å²) in [5, 5.41) is 18.9. The molecule has 1 rings (SSSR count). The molecule has 0 radical (unpaired) electrons. The second-order valence-electron chi connectivity index (χ2n) is 2.93. The lowest BCUT2D eigenvalue weighted by Crippen LogP contribution is -1.99. The molecule has 6 heteroatoms. The van der Waals surface area contributed by atoms with Crippen molar-refractivity contribution in [2.75, 3.05) is 0 Å². The van der Waals surface area contributed by atoms with Crippen LogP contribution in [0.25, 0.3) is 0 Å². The summed E-state index contributed by atoms with van der Waals surface area (Å²) in [5.74, 6) is -0.871. The largest absolute Gasteiger partial charge is 0.481 e. The van der Waals surface area contributed by atoms with Gasteiger partial charge in [-0.1, -0.05) is 6.07 Å². The lowest BCUT2D eigenvalue weighted by atomic mass is 10.1. The smallest absolute Gasteiger partial charge is 0.303 e. The molecule has 0 atom stereocenters. The number of nitro groups is 1. The van der Waals surface area contributed by atoms with E-state index in [2.05, 4.69) is 0 Å². The highest BCUT2D eigenvalue weighted by atomic mass is 127. The van der Waals surface area contributed by atoms with Gasteiger partial charge in [-0.3, -0.25) is 14.9 Å². The Labute approximate surface area is 99.4 Å². The zero-order valence-electron chi connectivity index (χ0n) is 7.64. The summed E-state index contributed by atoms with van der Waals surface area (Å²) in [6, 6.07) is 4.43. The number of non-ortho nitro benzene ring substituents is 1. The molecule has 0 aromatic heterocycles. The van der Waals surface area contributed by atoms with Gasteiger partial charge in [-0.15, -0.1) is 0 Å². The molecule has 0 amide bonds. The van der Waals surface area contributed by atoms with E-state index in [0.717, 1.165) is 9.13 Å². The monoisotopic (exact) mass is 321 g/mol. The van der Waals surface area contributed by atoms with E-state index in [0.29, 0.717) is 6.42 Å². The second kappa shape index (κ2) is 5.06. The first kappa shape index (κ1) is 11.9. The number of nitrogens with zero attached hydrogens (tertiary/aromatic N) is 1. The lowest BCUT2D eigenvalue weighted by Gasteiger charge is -2.01. The van der Waals surface area contributed by atoms with Crippen LogP contribution in [-0.2, 0) is 11.2 Å². The average Bonchev–Trinajstić information content (AvgIpc) is 2.15. The summed E-state index contributed by atoms with van der Waals surface area (Å²) in [6.45, 7) is 0. The Morgan fingerprint density at radius 3 is 2.67 bits per heavy atom. The molecule has 15 heavy (non-hydrogen) atoms. The first-order valence-electron chi connectivity index (χ1n) is 4.15. The first-order chi connectivity index (χ1) is 7.00. The molecule has 0 saturated carbocycles. The number of benzene rings is 1. The van der Waals surface area contributed by atoms with Crippen molar-refractivity contribution in [1.82, 2.24) is 0 Å². The summed E-state index contributed by atoms with van der Waals surface area (Å²) in [5.41, 5.74) is 0.849. The van der Waals surface area contributed by atoms with Gasteiger partial charge in [-0.05, 0) is 34.6 Å². The van der Waals surface area contributed by atoms with Crippen LogP contribution < -0.4 is 0 Å². The molecule has 0 bridgehead atoms. The third kappa shape index (κ3) is 3.46. The number of carboxylic acids is 1. The van der Waals surface area contributed by atoms with Gasteiger partial charge in [0.2, 0.25) is 0 Å². The molecule has 1 aromatic carbocycles. The summed E-state index contributed by atoms with van der Waals surface area (Å²) < 4.78 is 0.725. The number of nitro benzene ring substituents is 1. The average molecular weight is 321 g/mol. The molecular formula is C9H8INO4. The Hall–Kier alpha value is -1.18. The molecule has 0 aliphatic rings. The van der Waals surface area contributed by atoms with Crippen molar-refractivity contribution in [3.05, 3.63) is 37.4 Å². The Bertz CT molecular complexity index is 405. The standard InChI is InChI=1S/C9H8INO4/c10-8-5-7(11(14)15)3-1-6(8)2-4-9(12)13/h1,3,5H,2,4H2,(H,12,13). The zero-order valence-corrected chi connectivity index (χ0v) is 9.80. The van der Waals surface area contributed by atoms with Gasteiger partial charge in [0.15, 0.2) is 0 Å². The van der Waals surface area contributed by atoms with Crippen LogP contribution in [0.2, 0.25) is 0 Å². The van der Waals surface area contributed by atoms with Crippen LogP contribution in [0.3, 0.4) is 0 Å². The summed E-state index contributed by atoms with van der Waals surface area (Å²) >= 11 is 1.97. The van der Waals surface area contributed by atoms with Crippen molar-refractivity contribution in [3.63, 3.8) is 0 Å². The minimum atomic E-state index is -0.871. The molecule has 0 saturated heterocycles. The Kier molecular flexibility index (Phi) is 4.01. The number of hydrogen-bond acceptors (Lipinski definition) is 3. The number of carbonyl (C=O) groups is 1. The maximum absolute atomic E-state index is 10.4. The fourth-order valence-electron chi connectivity index (χ4n) is 1.09. The predicted molar refractivity (Wildman–Crippen MR) is 61.8 cm³/mol. The number of halogens is 1. The fraction of sp³-hybridized carbons (Fsp3) is 0.222. The topological polar surface area (TPSA) is 80.4 Å². The molecule has 80 valence electrons. The maximum atomic E-state index is 10.4. The van der Waals surface area contributed by atoms with Gasteiger partial charge in [0.1, 0.15) is 0 Å². The predicted octanol–water partition coefficient (Wildman–Crippen LogP) is 2.22. The van der Waals surface area contributed by atoms with Gasteiger partial charge in [-0.2, -0.15) is 0 Å². The van der Waals surface area contributed by atoms with Crippen LogP contribution >= 0.6 is 22.6 Å². The highest BCUT2D eigenvalue weighted by Gasteiger charge is 2.09. The SMILES string of the molecule is O=C(O)CCc1ccc([N+](=O)[O-])cc1I. The molecule has 5 nitrogen and oxygen atoms in total. The van der Waals surface area contributed by atoms with Crippen molar-refractivity contribution in [2.45, 2.75) is 12.8 Å². The molecule has 0 heterocycles. The molecule has 0 unspecified atom stereocenters. The minimum absolute atomic E-state index is 0.0264. The number of aryl methyl sites for hydroxylation is 1. The number of carboxylic acid groups (broad SMARTS) is 1. The Morgan fingerprint density at radius 2 is 2.20 bits per heavy atom. The van der Waals surface area contributed by atoms with Gasteiger partial charge in [0, 0.05) is 22.1 Å². The van der Waals surface area contributed by atoms with Gasteiger partial charge in [0.25, 0.3) is 5.69 Å². The van der Waals surface area contributed by atoms with Crippen LogP contribution in [0.5, 0.6) is 0 Å². The number of aliphatic carboxylic acids is 1. The van der Waals surface area contributed by atoms with Gasteiger partial charge < -0.3 is 5.11 Å². The quantitative estimate of drug-likeness (QED) is 0.524. The van der Waals surface area contributed by atoms with Gasteiger partial charge in [-0.25, -0.2) is 0 Å². The number of rotatable bonds is 4. The van der Waals surface area contributed by atoms with E-state index in [1.165, 1.54) is 12.1 Å². The third-order valence-corrected chi connectivity index (χ3v) is 2.86. The van der Waals surface area contributed by atoms with E-state index in [9.17, 15) is 14.9 Å². The molecule has 1 N–H and O–H groups in total. The van der Waals surface area contributed by atoms with Crippen LogP contribution in [0.1, 0.15) is 12.0 Å². The highest BCUT2D eigenvalue weighted by molar-refractivity contribution is 14.1. The molecule has 0 aliphatic carbocycles. The van der Waals surface area contributed by atoms with E-state index in [1.807, 2.05) is 22.6 Å². The van der Waals surface area contributed by atoms with Crippen LogP contribution in [-0.4, -0.2) is 16.0 Å². The molecular weight excluding hydrogens is 313 g/mol. The minimum Gasteiger partial charge on any atom is -0.481 e. The second-order valence-corrected chi connectivity index (χ2v) is 4.09. The van der Waals surface area contributed by atoms with Crippen molar-refractivity contribution in [2.24, 2.45) is 0 Å². The van der Waals surface area contributed by atoms with Gasteiger partial charge >= 0.3 is 5.97 Å². The van der Waals surface area contributed by atoms with Crippen LogP contribution in [0.4, 0.5) is 5.69 Å². The van der Waals surface area contributed by atoms with Crippen LogP contribution in [0, 0.1) is 13.7 Å². The first-order valence-corrected chi connectivity index (χ1v) is 5.23. The molecule has 0 spiro atoms. The summed E-state index contributed by atoms with van der Waals surface area (Å²) in [4.78, 5) is 20.3. The van der Waals surface area contributed by atoms with E-state index in [-0.39, 0.29) is 12.1 Å². The van der Waals surface area contributed by atoms with Crippen molar-refractivity contribution < 1.29 is 14.8 Å². The van der Waals surface area contributed by atoms with Crippen molar-refractivity contribution >= 4 is 34.2 Å². The van der Waals surface area contributed by atoms with Gasteiger partial charge in [0.05, 0.1) is 4.92 Å². The summed E-state index contributed by atoms with van der Waals surface area (Å²) in [7, 11) is 0. The summed E-state index contributed by atoms with van der Waals surface area (Å²) in [6.07, 6.45) is 0.430. The highest BCUT2D eigenvalue weighted by Crippen LogP contribution is 2.20. The Balaban J connectivity index is 2.83. The molecule has 1 aromatic rings. The third-order valence-electron chi connectivity index (χ3n) is 1.86. The van der Waals surface area contributed by atoms with E-state index in [4.69, 9.17) is 5.11 Å². The molecule has 0 fully saturated rings.